The lowest BCUT2D eigenvalue weighted by Crippen LogP contribution is -1.97. The zero-order chi connectivity index (χ0) is 12.2. The Morgan fingerprint density at radius 2 is 1.59 bits per heavy atom. The molecule has 0 saturated carbocycles. The summed E-state index contributed by atoms with van der Waals surface area (Å²) in [6.45, 7) is 0. The summed E-state index contributed by atoms with van der Waals surface area (Å²) < 4.78 is 6.25. The van der Waals surface area contributed by atoms with E-state index < -0.39 is 11.9 Å². The third kappa shape index (κ3) is 1.46. The summed E-state index contributed by atoms with van der Waals surface area (Å²) in [5.74, 6) is -1.17. The van der Waals surface area contributed by atoms with Crippen molar-refractivity contribution in [2.24, 2.45) is 0 Å². The average Bonchev–Trinajstić information content (AvgIpc) is 2.60. The van der Waals surface area contributed by atoms with Crippen LogP contribution in [0.4, 0.5) is 0 Å². The highest BCUT2D eigenvalue weighted by molar-refractivity contribution is 9.11. The molecule has 0 atom stereocenters. The van der Waals surface area contributed by atoms with Gasteiger partial charge >= 0.3 is 11.9 Å². The van der Waals surface area contributed by atoms with Gasteiger partial charge in [0.15, 0.2) is 0 Å². The van der Waals surface area contributed by atoms with E-state index in [2.05, 4.69) is 36.6 Å². The summed E-state index contributed by atoms with van der Waals surface area (Å²) in [4.78, 5) is 23.1. The predicted octanol–water partition coefficient (Wildman–Crippen LogP) is 3.68. The van der Waals surface area contributed by atoms with E-state index in [0.29, 0.717) is 16.5 Å². The number of ether oxygens (including phenoxy) is 1. The first kappa shape index (κ1) is 10.9. The molecular weight excluding hydrogens is 352 g/mol. The molecule has 2 aromatic carbocycles. The van der Waals surface area contributed by atoms with Crippen LogP contribution in [-0.4, -0.2) is 11.9 Å². The molecule has 3 rings (SSSR count). The molecule has 0 unspecified atom stereocenters. The summed E-state index contributed by atoms with van der Waals surface area (Å²) in [5, 5.41) is 1.57. The monoisotopic (exact) mass is 354 g/mol. The summed E-state index contributed by atoms with van der Waals surface area (Å²) in [5.41, 5.74) is 0.655. The zero-order valence-corrected chi connectivity index (χ0v) is 11.5. The molecular formula is C12H4Br2O3. The highest BCUT2D eigenvalue weighted by Crippen LogP contribution is 2.36. The Kier molecular flexibility index (Phi) is 2.34. The van der Waals surface area contributed by atoms with E-state index in [-0.39, 0.29) is 0 Å². The summed E-state index contributed by atoms with van der Waals surface area (Å²) >= 11 is 6.81. The summed E-state index contributed by atoms with van der Waals surface area (Å²) in [7, 11) is 0. The molecule has 2 aromatic rings. The van der Waals surface area contributed by atoms with Crippen LogP contribution in [0.25, 0.3) is 10.8 Å². The van der Waals surface area contributed by atoms with Crippen molar-refractivity contribution in [1.29, 1.82) is 0 Å². The number of carbonyl (C=O) groups excluding carboxylic acids is 2. The second-order valence-corrected chi connectivity index (χ2v) is 5.33. The SMILES string of the molecule is O=C1OC(=O)c2c1ccc1c(Br)ccc(Br)c21. The molecule has 0 radical (unpaired) electrons. The van der Waals surface area contributed by atoms with E-state index in [0.717, 1.165) is 14.3 Å². The number of cyclic esters (lactones) is 2. The van der Waals surface area contributed by atoms with Crippen LogP contribution in [0.1, 0.15) is 20.7 Å². The van der Waals surface area contributed by atoms with Gasteiger partial charge in [0.1, 0.15) is 0 Å². The molecule has 1 heterocycles. The topological polar surface area (TPSA) is 43.4 Å². The van der Waals surface area contributed by atoms with Crippen LogP contribution in [-0.2, 0) is 4.74 Å². The first-order valence-corrected chi connectivity index (χ1v) is 6.35. The second-order valence-electron chi connectivity index (χ2n) is 3.62. The third-order valence-electron chi connectivity index (χ3n) is 2.69. The number of carbonyl (C=O) groups is 2. The quantitative estimate of drug-likeness (QED) is 0.535. The minimum absolute atomic E-state index is 0.321. The van der Waals surface area contributed by atoms with Crippen LogP contribution in [0.3, 0.4) is 0 Å². The van der Waals surface area contributed by atoms with Crippen molar-refractivity contribution in [2.75, 3.05) is 0 Å². The smallest absolute Gasteiger partial charge is 0.347 e. The largest absolute Gasteiger partial charge is 0.386 e. The van der Waals surface area contributed by atoms with Gasteiger partial charge in [0.05, 0.1) is 11.1 Å². The molecule has 0 amide bonds. The van der Waals surface area contributed by atoms with E-state index in [1.54, 1.807) is 12.1 Å². The fourth-order valence-corrected chi connectivity index (χ4v) is 2.95. The maximum atomic E-state index is 11.7. The molecule has 3 nitrogen and oxygen atoms in total. The van der Waals surface area contributed by atoms with Gasteiger partial charge in [-0.2, -0.15) is 0 Å². The van der Waals surface area contributed by atoms with Gasteiger partial charge in [-0.25, -0.2) is 9.59 Å². The van der Waals surface area contributed by atoms with E-state index >= 15 is 0 Å². The lowest BCUT2D eigenvalue weighted by molar-refractivity contribution is 0.0444. The van der Waals surface area contributed by atoms with E-state index in [1.807, 2.05) is 12.1 Å². The minimum atomic E-state index is -0.589. The zero-order valence-electron chi connectivity index (χ0n) is 8.29. The lowest BCUT2D eigenvalue weighted by Gasteiger charge is -2.05. The van der Waals surface area contributed by atoms with Crippen LogP contribution >= 0.6 is 31.9 Å². The van der Waals surface area contributed by atoms with Crippen molar-refractivity contribution in [3.8, 4) is 0 Å². The van der Waals surface area contributed by atoms with Crippen LogP contribution in [0.15, 0.2) is 33.2 Å². The lowest BCUT2D eigenvalue weighted by atomic mass is 10.0. The Hall–Kier alpha value is -1.20. The first-order valence-electron chi connectivity index (χ1n) is 4.77. The number of fused-ring (bicyclic) bond motifs is 3. The number of hydrogen-bond donors (Lipinski definition) is 0. The van der Waals surface area contributed by atoms with Gasteiger partial charge in [-0.1, -0.05) is 37.9 Å². The second kappa shape index (κ2) is 3.65. The van der Waals surface area contributed by atoms with Gasteiger partial charge < -0.3 is 4.74 Å². The van der Waals surface area contributed by atoms with Crippen LogP contribution < -0.4 is 0 Å². The van der Waals surface area contributed by atoms with E-state index in [1.165, 1.54) is 0 Å². The Morgan fingerprint density at radius 1 is 0.882 bits per heavy atom. The molecule has 1 aliphatic rings. The normalized spacial score (nSPS) is 14.0. The van der Waals surface area contributed by atoms with Crippen molar-refractivity contribution >= 4 is 54.6 Å². The number of hydrogen-bond acceptors (Lipinski definition) is 3. The molecule has 0 fully saturated rings. The highest BCUT2D eigenvalue weighted by Gasteiger charge is 2.32. The maximum Gasteiger partial charge on any atom is 0.347 e. The molecule has 17 heavy (non-hydrogen) atoms. The minimum Gasteiger partial charge on any atom is -0.386 e. The third-order valence-corrected chi connectivity index (χ3v) is 4.04. The standard InChI is InChI=1S/C12H4Br2O3/c13-7-3-4-8(14)9-5(7)1-2-6-10(9)12(16)17-11(6)15/h1-4H. The van der Waals surface area contributed by atoms with Gasteiger partial charge in [-0.3, -0.25) is 0 Å². The fraction of sp³-hybridized carbons (Fsp3) is 0. The van der Waals surface area contributed by atoms with E-state index in [9.17, 15) is 9.59 Å². The van der Waals surface area contributed by atoms with Gasteiger partial charge in [0.25, 0.3) is 0 Å². The van der Waals surface area contributed by atoms with Crippen molar-refractivity contribution in [1.82, 2.24) is 0 Å². The van der Waals surface area contributed by atoms with Gasteiger partial charge in [0, 0.05) is 14.3 Å². The Morgan fingerprint density at radius 3 is 2.35 bits per heavy atom. The number of esters is 2. The Balaban J connectivity index is 2.55. The van der Waals surface area contributed by atoms with Crippen LogP contribution in [0, 0.1) is 0 Å². The number of benzene rings is 2. The van der Waals surface area contributed by atoms with Gasteiger partial charge in [-0.05, 0) is 23.6 Å². The van der Waals surface area contributed by atoms with Crippen molar-refractivity contribution in [2.45, 2.75) is 0 Å². The molecule has 1 aliphatic heterocycles. The van der Waals surface area contributed by atoms with Crippen molar-refractivity contribution < 1.29 is 14.3 Å². The molecule has 84 valence electrons. The number of halogens is 2. The maximum absolute atomic E-state index is 11.7. The molecule has 5 heteroatoms. The summed E-state index contributed by atoms with van der Waals surface area (Å²) in [6.07, 6.45) is 0. The molecule has 0 N–H and O–H groups in total. The number of rotatable bonds is 0. The molecule has 0 bridgehead atoms. The molecule has 0 aliphatic carbocycles. The van der Waals surface area contributed by atoms with E-state index in [4.69, 9.17) is 0 Å². The average molecular weight is 356 g/mol. The van der Waals surface area contributed by atoms with Crippen LogP contribution in [0.5, 0.6) is 0 Å². The first-order chi connectivity index (χ1) is 8.09. The van der Waals surface area contributed by atoms with Gasteiger partial charge in [-0.15, -0.1) is 0 Å². The fourth-order valence-electron chi connectivity index (χ4n) is 1.94. The predicted molar refractivity (Wildman–Crippen MR) is 69.1 cm³/mol. The molecule has 0 aromatic heterocycles. The van der Waals surface area contributed by atoms with Crippen molar-refractivity contribution in [3.05, 3.63) is 44.3 Å². The molecule has 0 saturated heterocycles. The van der Waals surface area contributed by atoms with Gasteiger partial charge in [0.2, 0.25) is 0 Å². The molecule has 0 spiro atoms. The van der Waals surface area contributed by atoms with Crippen molar-refractivity contribution in [3.63, 3.8) is 0 Å². The highest BCUT2D eigenvalue weighted by atomic mass is 79.9. The Bertz CT molecular complexity index is 692. The Labute approximate surface area is 113 Å². The summed E-state index contributed by atoms with van der Waals surface area (Å²) in [6, 6.07) is 7.11. The van der Waals surface area contributed by atoms with Crippen LogP contribution in [0.2, 0.25) is 0 Å².